The van der Waals surface area contributed by atoms with Gasteiger partial charge in [0.05, 0.1) is 6.54 Å². The van der Waals surface area contributed by atoms with Crippen LogP contribution >= 0.6 is 23.4 Å². The van der Waals surface area contributed by atoms with Crippen LogP contribution in [0.25, 0.3) is 0 Å². The molecule has 108 valence electrons. The van der Waals surface area contributed by atoms with E-state index >= 15 is 0 Å². The van der Waals surface area contributed by atoms with E-state index in [-0.39, 0.29) is 5.82 Å². The van der Waals surface area contributed by atoms with E-state index in [1.807, 2.05) is 4.57 Å². The molecular weight excluding hydrogens is 299 g/mol. The molecule has 0 atom stereocenters. The molecule has 1 heterocycles. The van der Waals surface area contributed by atoms with Gasteiger partial charge in [0.1, 0.15) is 11.6 Å². The lowest BCUT2D eigenvalue weighted by Gasteiger charge is -2.08. The Morgan fingerprint density at radius 1 is 1.40 bits per heavy atom. The Bertz CT molecular complexity index is 588. The number of nitrogens with two attached hydrogens (primary N) is 1. The second kappa shape index (κ2) is 7.06. The van der Waals surface area contributed by atoms with Crippen molar-refractivity contribution in [3.63, 3.8) is 0 Å². The molecule has 0 aliphatic carbocycles. The summed E-state index contributed by atoms with van der Waals surface area (Å²) in [7, 11) is 0. The Balaban J connectivity index is 2.14. The minimum absolute atomic E-state index is 0.262. The first kappa shape index (κ1) is 15.3. The van der Waals surface area contributed by atoms with Crippen LogP contribution < -0.4 is 5.73 Å². The smallest absolute Gasteiger partial charge is 0.191 e. The van der Waals surface area contributed by atoms with Gasteiger partial charge in [-0.3, -0.25) is 0 Å². The van der Waals surface area contributed by atoms with E-state index in [0.717, 1.165) is 23.9 Å². The minimum Gasteiger partial charge on any atom is -0.324 e. The first-order valence-electron chi connectivity index (χ1n) is 6.34. The fraction of sp³-hybridized carbons (Fsp3) is 0.385. The van der Waals surface area contributed by atoms with Crippen LogP contribution in [0.1, 0.15) is 24.7 Å². The zero-order valence-electron chi connectivity index (χ0n) is 11.1. The molecule has 0 saturated carbocycles. The van der Waals surface area contributed by atoms with Crippen molar-refractivity contribution < 1.29 is 4.39 Å². The van der Waals surface area contributed by atoms with Crippen molar-refractivity contribution in [3.05, 3.63) is 40.4 Å². The van der Waals surface area contributed by atoms with Crippen molar-refractivity contribution >= 4 is 23.4 Å². The van der Waals surface area contributed by atoms with Crippen LogP contribution in [-0.4, -0.2) is 14.8 Å². The predicted octanol–water partition coefficient (Wildman–Crippen LogP) is 3.23. The average molecular weight is 315 g/mol. The highest BCUT2D eigenvalue weighted by Gasteiger charge is 2.12. The Morgan fingerprint density at radius 3 is 2.90 bits per heavy atom. The zero-order chi connectivity index (χ0) is 14.5. The molecule has 0 fully saturated rings. The molecule has 2 rings (SSSR count). The maximum Gasteiger partial charge on any atom is 0.191 e. The highest BCUT2D eigenvalue weighted by Crippen LogP contribution is 2.25. The molecule has 0 bridgehead atoms. The molecule has 0 unspecified atom stereocenters. The van der Waals surface area contributed by atoms with Gasteiger partial charge in [-0.25, -0.2) is 4.39 Å². The summed E-state index contributed by atoms with van der Waals surface area (Å²) in [4.78, 5) is 0. The van der Waals surface area contributed by atoms with Gasteiger partial charge in [-0.1, -0.05) is 30.3 Å². The van der Waals surface area contributed by atoms with Gasteiger partial charge in [0.25, 0.3) is 0 Å². The predicted molar refractivity (Wildman–Crippen MR) is 79.2 cm³/mol. The Morgan fingerprint density at radius 2 is 2.20 bits per heavy atom. The fourth-order valence-corrected chi connectivity index (χ4v) is 2.97. The molecule has 0 amide bonds. The van der Waals surface area contributed by atoms with Crippen LogP contribution in [0.15, 0.2) is 23.4 Å². The molecule has 20 heavy (non-hydrogen) atoms. The maximum atomic E-state index is 13.7. The number of hydrogen-bond acceptors (Lipinski definition) is 4. The molecule has 0 aliphatic heterocycles. The molecule has 0 spiro atoms. The van der Waals surface area contributed by atoms with Gasteiger partial charge in [0, 0.05) is 17.3 Å². The molecule has 0 saturated heterocycles. The number of benzene rings is 1. The van der Waals surface area contributed by atoms with E-state index in [1.165, 1.54) is 23.9 Å². The van der Waals surface area contributed by atoms with Gasteiger partial charge in [-0.2, -0.15) is 0 Å². The molecule has 0 radical (unpaired) electrons. The van der Waals surface area contributed by atoms with Crippen molar-refractivity contribution in [2.75, 3.05) is 0 Å². The number of thioether (sulfide) groups is 1. The van der Waals surface area contributed by atoms with Gasteiger partial charge < -0.3 is 10.3 Å². The first-order chi connectivity index (χ1) is 9.65. The van der Waals surface area contributed by atoms with E-state index < -0.39 is 0 Å². The van der Waals surface area contributed by atoms with Crippen molar-refractivity contribution in [2.24, 2.45) is 5.73 Å². The third-order valence-corrected chi connectivity index (χ3v) is 4.04. The van der Waals surface area contributed by atoms with Crippen LogP contribution in [0.2, 0.25) is 5.02 Å². The third-order valence-electron chi connectivity index (χ3n) is 2.79. The zero-order valence-corrected chi connectivity index (χ0v) is 12.7. The number of aromatic nitrogens is 3. The second-order valence-corrected chi connectivity index (χ2v) is 5.66. The molecule has 1 aromatic heterocycles. The molecule has 2 N–H and O–H groups in total. The van der Waals surface area contributed by atoms with Gasteiger partial charge in [0.15, 0.2) is 5.16 Å². The number of hydrogen-bond donors (Lipinski definition) is 1. The van der Waals surface area contributed by atoms with Crippen molar-refractivity contribution in [3.8, 4) is 0 Å². The summed E-state index contributed by atoms with van der Waals surface area (Å²) in [6.45, 7) is 3.23. The summed E-state index contributed by atoms with van der Waals surface area (Å²) in [5.41, 5.74) is 6.19. The van der Waals surface area contributed by atoms with E-state index in [2.05, 4.69) is 17.1 Å². The lowest BCUT2D eigenvalue weighted by molar-refractivity contribution is 0.591. The summed E-state index contributed by atoms with van der Waals surface area (Å²) in [5, 5.41) is 9.45. The normalized spacial score (nSPS) is 11.0. The largest absolute Gasteiger partial charge is 0.324 e. The fourth-order valence-electron chi connectivity index (χ4n) is 1.82. The van der Waals surface area contributed by atoms with Gasteiger partial charge in [0.2, 0.25) is 0 Å². The van der Waals surface area contributed by atoms with Crippen molar-refractivity contribution in [1.82, 2.24) is 14.8 Å². The van der Waals surface area contributed by atoms with Gasteiger partial charge in [-0.05, 0) is 30.2 Å². The summed E-state index contributed by atoms with van der Waals surface area (Å²) in [6.07, 6.45) is 0.962. The molecular formula is C13H16ClFN4S. The third kappa shape index (κ3) is 3.50. The Kier molecular flexibility index (Phi) is 5.39. The van der Waals surface area contributed by atoms with Crippen molar-refractivity contribution in [2.45, 2.75) is 37.3 Å². The van der Waals surface area contributed by atoms with Crippen LogP contribution in [0, 0.1) is 5.82 Å². The molecule has 0 aliphatic rings. The lowest BCUT2D eigenvalue weighted by atomic mass is 10.2. The first-order valence-corrected chi connectivity index (χ1v) is 7.71. The summed E-state index contributed by atoms with van der Waals surface area (Å²) in [6, 6.07) is 4.55. The van der Waals surface area contributed by atoms with Crippen LogP contribution in [0.5, 0.6) is 0 Å². The number of rotatable bonds is 6. The Hall–Kier alpha value is -1.11. The van der Waals surface area contributed by atoms with E-state index in [0.29, 0.717) is 22.9 Å². The van der Waals surface area contributed by atoms with Gasteiger partial charge >= 0.3 is 0 Å². The Labute approximate surface area is 126 Å². The monoisotopic (exact) mass is 314 g/mol. The molecule has 1 aromatic carbocycles. The van der Waals surface area contributed by atoms with Crippen LogP contribution in [0.4, 0.5) is 4.39 Å². The number of halogens is 2. The van der Waals surface area contributed by atoms with Gasteiger partial charge in [-0.15, -0.1) is 10.2 Å². The van der Waals surface area contributed by atoms with Crippen LogP contribution in [0.3, 0.4) is 0 Å². The highest BCUT2D eigenvalue weighted by molar-refractivity contribution is 7.98. The summed E-state index contributed by atoms with van der Waals surface area (Å²) >= 11 is 7.31. The molecule has 4 nitrogen and oxygen atoms in total. The van der Waals surface area contributed by atoms with Crippen LogP contribution in [-0.2, 0) is 18.8 Å². The van der Waals surface area contributed by atoms with Crippen molar-refractivity contribution in [1.29, 1.82) is 0 Å². The SMILES string of the molecule is CCCn1c(CN)nnc1SCc1cc(Cl)ccc1F. The minimum atomic E-state index is -0.262. The average Bonchev–Trinajstić information content (AvgIpc) is 2.82. The van der Waals surface area contributed by atoms with E-state index in [1.54, 1.807) is 6.07 Å². The summed E-state index contributed by atoms with van der Waals surface area (Å²) in [5.74, 6) is 0.946. The topological polar surface area (TPSA) is 56.7 Å². The van der Waals surface area contributed by atoms with E-state index in [9.17, 15) is 4.39 Å². The number of nitrogens with zero attached hydrogens (tertiary/aromatic N) is 3. The standard InChI is InChI=1S/C13H16ClFN4S/c1-2-5-19-12(7-16)17-18-13(19)20-8-9-6-10(14)3-4-11(9)15/h3-4,6H,2,5,7-8,16H2,1H3. The van der Waals surface area contributed by atoms with E-state index in [4.69, 9.17) is 17.3 Å². The highest BCUT2D eigenvalue weighted by atomic mass is 35.5. The quantitative estimate of drug-likeness (QED) is 0.832. The maximum absolute atomic E-state index is 13.7. The molecule has 7 heteroatoms. The second-order valence-electron chi connectivity index (χ2n) is 4.28. The lowest BCUT2D eigenvalue weighted by Crippen LogP contribution is -2.09. The summed E-state index contributed by atoms with van der Waals surface area (Å²) < 4.78 is 15.6. The molecule has 2 aromatic rings.